The number of anilines is 2. The fourth-order valence-corrected chi connectivity index (χ4v) is 5.47. The lowest BCUT2D eigenvalue weighted by molar-refractivity contribution is -0.139. The van der Waals surface area contributed by atoms with Gasteiger partial charge in [-0.3, -0.25) is 9.59 Å². The zero-order chi connectivity index (χ0) is 30.1. The monoisotopic (exact) mass is 610 g/mol. The minimum Gasteiger partial charge on any atom is -0.480 e. The van der Waals surface area contributed by atoms with E-state index < -0.39 is 23.9 Å². The summed E-state index contributed by atoms with van der Waals surface area (Å²) in [6.07, 6.45) is 5.73. The highest BCUT2D eigenvalue weighted by molar-refractivity contribution is 6.40. The van der Waals surface area contributed by atoms with Crippen LogP contribution in [0.3, 0.4) is 0 Å². The molecule has 1 aliphatic carbocycles. The molecular weight excluding hydrogens is 579 g/mol. The molecule has 5 N–H and O–H groups in total. The average molecular weight is 612 g/mol. The first-order valence-corrected chi connectivity index (χ1v) is 14.5. The first-order valence-electron chi connectivity index (χ1n) is 13.7. The van der Waals surface area contributed by atoms with Gasteiger partial charge < -0.3 is 26.4 Å². The average Bonchev–Trinajstić information content (AvgIpc) is 2.97. The Morgan fingerprint density at radius 2 is 1.48 bits per heavy atom. The van der Waals surface area contributed by atoms with Crippen LogP contribution in [0.1, 0.15) is 58.4 Å². The molecule has 0 radical (unpaired) electrons. The van der Waals surface area contributed by atoms with Gasteiger partial charge in [-0.1, -0.05) is 72.8 Å². The van der Waals surface area contributed by atoms with Crippen LogP contribution in [0.25, 0.3) is 0 Å². The van der Waals surface area contributed by atoms with Gasteiger partial charge in [0.15, 0.2) is 0 Å². The maximum Gasteiger partial charge on any atom is 0.326 e. The van der Waals surface area contributed by atoms with E-state index in [2.05, 4.69) is 21.3 Å². The number of carboxylic acids is 1. The number of rotatable bonds is 10. The summed E-state index contributed by atoms with van der Waals surface area (Å²) in [5, 5.41) is 20.9. The molecule has 0 spiro atoms. The van der Waals surface area contributed by atoms with Crippen molar-refractivity contribution in [2.45, 2.75) is 44.6 Å². The number of urea groups is 1. The molecule has 1 saturated carbocycles. The number of halogens is 2. The number of hydrogen-bond donors (Lipinski definition) is 5. The Morgan fingerprint density at radius 3 is 2.14 bits per heavy atom. The quantitative estimate of drug-likeness (QED) is 0.181. The highest BCUT2D eigenvalue weighted by Gasteiger charge is 2.22. The van der Waals surface area contributed by atoms with Gasteiger partial charge in [-0.25, -0.2) is 9.59 Å². The van der Waals surface area contributed by atoms with Crippen LogP contribution in [0.5, 0.6) is 0 Å². The number of carboxylic acid groups (broad SMARTS) is 1. The molecule has 1 unspecified atom stereocenters. The molecule has 0 aliphatic heterocycles. The molecule has 0 heterocycles. The Morgan fingerprint density at radius 1 is 0.810 bits per heavy atom. The fourth-order valence-electron chi connectivity index (χ4n) is 4.90. The topological polar surface area (TPSA) is 137 Å². The van der Waals surface area contributed by atoms with E-state index in [-0.39, 0.29) is 33.6 Å². The van der Waals surface area contributed by atoms with Crippen LogP contribution in [0.15, 0.2) is 66.7 Å². The predicted octanol–water partition coefficient (Wildman–Crippen LogP) is 6.37. The van der Waals surface area contributed by atoms with Gasteiger partial charge in [0.1, 0.15) is 6.04 Å². The Bertz CT molecular complexity index is 1420. The van der Waals surface area contributed by atoms with Gasteiger partial charge in [-0.05, 0) is 60.7 Å². The zero-order valence-corrected chi connectivity index (χ0v) is 24.3. The Hall–Kier alpha value is -4.08. The summed E-state index contributed by atoms with van der Waals surface area (Å²) < 4.78 is 0. The zero-order valence-electron chi connectivity index (χ0n) is 22.8. The molecule has 220 valence electrons. The van der Waals surface area contributed by atoms with E-state index in [1.54, 1.807) is 66.7 Å². The second-order valence-electron chi connectivity index (χ2n) is 10.2. The Labute approximate surface area is 254 Å². The van der Waals surface area contributed by atoms with E-state index >= 15 is 0 Å². The van der Waals surface area contributed by atoms with Gasteiger partial charge in [-0.2, -0.15) is 0 Å². The van der Waals surface area contributed by atoms with Crippen molar-refractivity contribution in [3.05, 3.63) is 93.5 Å². The maximum atomic E-state index is 12.9. The second-order valence-corrected chi connectivity index (χ2v) is 11.0. The summed E-state index contributed by atoms with van der Waals surface area (Å²) in [6, 6.07) is 15.9. The molecule has 4 amide bonds. The lowest BCUT2D eigenvalue weighted by Gasteiger charge is -2.22. The Kier molecular flexibility index (Phi) is 10.8. The molecule has 3 aromatic carbocycles. The van der Waals surface area contributed by atoms with Gasteiger partial charge in [0, 0.05) is 18.7 Å². The van der Waals surface area contributed by atoms with E-state index in [1.807, 2.05) is 0 Å². The third kappa shape index (κ3) is 8.47. The molecular formula is C31H32Cl2N4O5. The van der Waals surface area contributed by atoms with Gasteiger partial charge in [0.05, 0.1) is 26.9 Å². The standard InChI is InChI=1S/C31H32Cl2N4O5/c32-23-10-6-11-24(33)27(23)29(39)35-21-15-13-19(14-16-21)17-26(30(40)41)37-31(42)36-25-12-5-4-9-22(25)28(38)34-18-20-7-2-1-3-8-20/h4-6,9-16,20,26H,1-3,7-8,17-18H2,(H,34,38)(H,35,39)(H,40,41)(H2,36,37,42). The van der Waals surface area contributed by atoms with Crippen molar-refractivity contribution in [2.75, 3.05) is 17.2 Å². The predicted molar refractivity (Wildman–Crippen MR) is 163 cm³/mol. The SMILES string of the molecule is O=C(Nc1ccccc1C(=O)NCC1CCCCC1)NC(Cc1ccc(NC(=O)c2c(Cl)cccc2Cl)cc1)C(=O)O. The molecule has 42 heavy (non-hydrogen) atoms. The summed E-state index contributed by atoms with van der Waals surface area (Å²) in [7, 11) is 0. The number of nitrogens with one attached hydrogen (secondary N) is 4. The fraction of sp³-hybridized carbons (Fsp3) is 0.290. The summed E-state index contributed by atoms with van der Waals surface area (Å²) in [4.78, 5) is 50.2. The molecule has 9 nitrogen and oxygen atoms in total. The minimum absolute atomic E-state index is 0.0170. The number of amides is 4. The van der Waals surface area contributed by atoms with E-state index in [1.165, 1.54) is 19.3 Å². The van der Waals surface area contributed by atoms with E-state index in [9.17, 15) is 24.3 Å². The van der Waals surface area contributed by atoms with Crippen molar-refractivity contribution in [2.24, 2.45) is 5.92 Å². The molecule has 1 atom stereocenters. The van der Waals surface area contributed by atoms with Crippen molar-refractivity contribution in [1.29, 1.82) is 0 Å². The van der Waals surface area contributed by atoms with Crippen molar-refractivity contribution < 1.29 is 24.3 Å². The number of para-hydroxylation sites is 1. The second kappa shape index (κ2) is 14.7. The Balaban J connectivity index is 1.34. The lowest BCUT2D eigenvalue weighted by Crippen LogP contribution is -2.44. The largest absolute Gasteiger partial charge is 0.480 e. The first-order chi connectivity index (χ1) is 20.2. The number of hydrogen-bond acceptors (Lipinski definition) is 4. The minimum atomic E-state index is -1.25. The van der Waals surface area contributed by atoms with Crippen LogP contribution in [0.2, 0.25) is 10.0 Å². The molecule has 1 aliphatic rings. The first kappa shape index (κ1) is 30.9. The smallest absolute Gasteiger partial charge is 0.326 e. The van der Waals surface area contributed by atoms with Gasteiger partial charge in [0.25, 0.3) is 11.8 Å². The molecule has 0 bridgehead atoms. The van der Waals surface area contributed by atoms with Gasteiger partial charge in [-0.15, -0.1) is 0 Å². The van der Waals surface area contributed by atoms with E-state index in [4.69, 9.17) is 23.2 Å². The lowest BCUT2D eigenvalue weighted by atomic mass is 9.89. The van der Waals surface area contributed by atoms with E-state index in [0.29, 0.717) is 29.3 Å². The highest BCUT2D eigenvalue weighted by atomic mass is 35.5. The maximum absolute atomic E-state index is 12.9. The summed E-state index contributed by atoms with van der Waals surface area (Å²) in [5.74, 6) is -1.55. The normalized spacial score (nSPS) is 14.0. The number of carbonyl (C=O) groups is 4. The number of carbonyl (C=O) groups excluding carboxylic acids is 3. The number of benzene rings is 3. The van der Waals surface area contributed by atoms with Crippen molar-refractivity contribution >= 4 is 58.4 Å². The molecule has 1 fully saturated rings. The highest BCUT2D eigenvalue weighted by Crippen LogP contribution is 2.26. The van der Waals surface area contributed by atoms with Crippen molar-refractivity contribution in [3.8, 4) is 0 Å². The molecule has 3 aromatic rings. The van der Waals surface area contributed by atoms with E-state index in [0.717, 1.165) is 12.8 Å². The van der Waals surface area contributed by atoms with Gasteiger partial charge in [0.2, 0.25) is 0 Å². The molecule has 0 saturated heterocycles. The van der Waals surface area contributed by atoms with Crippen molar-refractivity contribution in [3.63, 3.8) is 0 Å². The van der Waals surface area contributed by atoms with Crippen LogP contribution in [-0.4, -0.2) is 41.5 Å². The summed E-state index contributed by atoms with van der Waals surface area (Å²) >= 11 is 12.2. The van der Waals surface area contributed by atoms with Crippen LogP contribution in [0, 0.1) is 5.92 Å². The van der Waals surface area contributed by atoms with Crippen LogP contribution < -0.4 is 21.3 Å². The summed E-state index contributed by atoms with van der Waals surface area (Å²) in [5.41, 5.74) is 1.79. The van der Waals surface area contributed by atoms with Gasteiger partial charge >= 0.3 is 12.0 Å². The molecule has 11 heteroatoms. The van der Waals surface area contributed by atoms with Crippen molar-refractivity contribution in [1.82, 2.24) is 10.6 Å². The number of aliphatic carboxylic acids is 1. The van der Waals surface area contributed by atoms with Crippen LogP contribution in [-0.2, 0) is 11.2 Å². The third-order valence-electron chi connectivity index (χ3n) is 7.14. The third-order valence-corrected chi connectivity index (χ3v) is 7.77. The molecule has 0 aromatic heterocycles. The van der Waals surface area contributed by atoms with Crippen LogP contribution >= 0.6 is 23.2 Å². The summed E-state index contributed by atoms with van der Waals surface area (Å²) in [6.45, 7) is 0.580. The molecule has 4 rings (SSSR count). The van der Waals surface area contributed by atoms with Crippen LogP contribution in [0.4, 0.5) is 16.2 Å².